The topological polar surface area (TPSA) is 46.5 Å². The molecule has 0 aliphatic carbocycles. The SMILES string of the molecule is Cc1cccc2c1OP(=O)(c1ccccc1-c1ccccc1O)C2. The molecule has 1 atom stereocenters. The second-order valence-corrected chi connectivity index (χ2v) is 8.35. The van der Waals surface area contributed by atoms with Crippen LogP contribution in [0, 0.1) is 6.92 Å². The molecule has 1 unspecified atom stereocenters. The second-order valence-electron chi connectivity index (χ2n) is 6.02. The van der Waals surface area contributed by atoms with E-state index in [4.69, 9.17) is 4.52 Å². The van der Waals surface area contributed by atoms with Crippen molar-refractivity contribution in [1.29, 1.82) is 0 Å². The third-order valence-electron chi connectivity index (χ3n) is 4.38. The fourth-order valence-electron chi connectivity index (χ4n) is 3.21. The van der Waals surface area contributed by atoms with Gasteiger partial charge in [-0.1, -0.05) is 54.6 Å². The molecule has 0 spiro atoms. The number of para-hydroxylation sites is 2. The molecule has 4 heteroatoms. The summed E-state index contributed by atoms with van der Waals surface area (Å²) < 4.78 is 19.6. The number of benzene rings is 3. The van der Waals surface area contributed by atoms with Gasteiger partial charge in [-0.05, 0) is 30.2 Å². The average molecular weight is 336 g/mol. The molecule has 1 N–H and O–H groups in total. The number of hydrogen-bond donors (Lipinski definition) is 1. The lowest BCUT2D eigenvalue weighted by Gasteiger charge is -2.17. The normalized spacial score (nSPS) is 18.9. The Kier molecular flexibility index (Phi) is 3.47. The van der Waals surface area contributed by atoms with E-state index in [1.807, 2.05) is 61.5 Å². The summed E-state index contributed by atoms with van der Waals surface area (Å²) in [4.78, 5) is 0. The van der Waals surface area contributed by atoms with Crippen LogP contribution >= 0.6 is 7.37 Å². The van der Waals surface area contributed by atoms with Gasteiger partial charge in [0.15, 0.2) is 0 Å². The van der Waals surface area contributed by atoms with Crippen molar-refractivity contribution in [2.24, 2.45) is 0 Å². The Morgan fingerprint density at radius 1 is 0.917 bits per heavy atom. The van der Waals surface area contributed by atoms with Gasteiger partial charge in [0, 0.05) is 11.1 Å². The third kappa shape index (κ3) is 2.33. The van der Waals surface area contributed by atoms with Gasteiger partial charge in [0.25, 0.3) is 7.37 Å². The molecule has 24 heavy (non-hydrogen) atoms. The summed E-state index contributed by atoms with van der Waals surface area (Å²) in [6.45, 7) is 1.96. The molecule has 3 nitrogen and oxygen atoms in total. The van der Waals surface area contributed by atoms with Crippen LogP contribution in [-0.2, 0) is 10.7 Å². The molecule has 1 heterocycles. The van der Waals surface area contributed by atoms with Crippen LogP contribution in [0.4, 0.5) is 0 Å². The lowest BCUT2D eigenvalue weighted by Crippen LogP contribution is -2.11. The quantitative estimate of drug-likeness (QED) is 0.680. The maximum absolute atomic E-state index is 13.6. The lowest BCUT2D eigenvalue weighted by molar-refractivity contribution is 0.477. The van der Waals surface area contributed by atoms with Crippen LogP contribution in [-0.4, -0.2) is 5.11 Å². The van der Waals surface area contributed by atoms with Crippen LogP contribution in [0.5, 0.6) is 11.5 Å². The third-order valence-corrected chi connectivity index (χ3v) is 6.73. The number of phenolic OH excluding ortho intramolecular Hbond substituents is 1. The highest BCUT2D eigenvalue weighted by molar-refractivity contribution is 7.67. The number of phenols is 1. The zero-order chi connectivity index (χ0) is 16.7. The summed E-state index contributed by atoms with van der Waals surface area (Å²) in [7, 11) is -3.07. The van der Waals surface area contributed by atoms with Crippen LogP contribution in [0.1, 0.15) is 11.1 Å². The molecule has 1 aliphatic rings. The predicted octanol–water partition coefficient (Wildman–Crippen LogP) is 4.86. The Bertz CT molecular complexity index is 978. The van der Waals surface area contributed by atoms with Gasteiger partial charge in [-0.15, -0.1) is 0 Å². The Morgan fingerprint density at radius 2 is 1.62 bits per heavy atom. The molecule has 0 fully saturated rings. The number of rotatable bonds is 2. The Labute approximate surface area is 141 Å². The molecule has 0 saturated carbocycles. The molecular formula is C20H17O3P. The largest absolute Gasteiger partial charge is 0.507 e. The van der Waals surface area contributed by atoms with E-state index in [9.17, 15) is 9.67 Å². The van der Waals surface area contributed by atoms with Crippen LogP contribution in [0.3, 0.4) is 0 Å². The Hall–Kier alpha value is -2.51. The van der Waals surface area contributed by atoms with E-state index >= 15 is 0 Å². The fourth-order valence-corrected chi connectivity index (χ4v) is 5.67. The molecular weight excluding hydrogens is 319 g/mol. The molecule has 0 aromatic heterocycles. The van der Waals surface area contributed by atoms with Gasteiger partial charge in [-0.2, -0.15) is 0 Å². The van der Waals surface area contributed by atoms with E-state index in [1.54, 1.807) is 12.1 Å². The first kappa shape index (κ1) is 15.0. The molecule has 3 aromatic carbocycles. The standard InChI is InChI=1S/C20H17O3P/c1-14-7-6-8-15-13-24(22,23-20(14)15)19-12-5-3-10-17(19)16-9-2-4-11-18(16)21/h2-12,21H,13H2,1H3. The Balaban J connectivity index is 1.87. The zero-order valence-corrected chi connectivity index (χ0v) is 14.2. The minimum Gasteiger partial charge on any atom is -0.507 e. The highest BCUT2D eigenvalue weighted by Crippen LogP contribution is 2.59. The summed E-state index contributed by atoms with van der Waals surface area (Å²) in [5.74, 6) is 0.900. The number of fused-ring (bicyclic) bond motifs is 1. The summed E-state index contributed by atoms with van der Waals surface area (Å²) in [5.41, 5.74) is 3.39. The summed E-state index contributed by atoms with van der Waals surface area (Å²) >= 11 is 0. The minimum atomic E-state index is -3.07. The van der Waals surface area contributed by atoms with Crippen LogP contribution in [0.25, 0.3) is 11.1 Å². The molecule has 4 rings (SSSR count). The van der Waals surface area contributed by atoms with Crippen molar-refractivity contribution in [3.63, 3.8) is 0 Å². The lowest BCUT2D eigenvalue weighted by atomic mass is 10.0. The first-order chi connectivity index (χ1) is 11.6. The van der Waals surface area contributed by atoms with Crippen molar-refractivity contribution in [3.8, 4) is 22.6 Å². The fraction of sp³-hybridized carbons (Fsp3) is 0.100. The van der Waals surface area contributed by atoms with E-state index in [1.165, 1.54) is 0 Å². The van der Waals surface area contributed by atoms with Crippen molar-refractivity contribution >= 4 is 12.7 Å². The summed E-state index contributed by atoms with van der Waals surface area (Å²) in [5, 5.41) is 10.9. The van der Waals surface area contributed by atoms with Crippen molar-refractivity contribution in [3.05, 3.63) is 77.9 Å². The van der Waals surface area contributed by atoms with Gasteiger partial charge in [0.2, 0.25) is 0 Å². The van der Waals surface area contributed by atoms with Crippen molar-refractivity contribution in [1.82, 2.24) is 0 Å². The molecule has 3 aromatic rings. The number of aryl methyl sites for hydroxylation is 1. The maximum Gasteiger partial charge on any atom is 0.282 e. The van der Waals surface area contributed by atoms with Crippen LogP contribution < -0.4 is 9.83 Å². The average Bonchev–Trinajstić information content (AvgIpc) is 2.95. The van der Waals surface area contributed by atoms with Crippen molar-refractivity contribution in [2.75, 3.05) is 0 Å². The van der Waals surface area contributed by atoms with E-state index in [0.29, 0.717) is 17.0 Å². The van der Waals surface area contributed by atoms with Crippen LogP contribution in [0.2, 0.25) is 0 Å². The molecule has 0 bridgehead atoms. The van der Waals surface area contributed by atoms with Gasteiger partial charge in [0.1, 0.15) is 11.5 Å². The van der Waals surface area contributed by atoms with E-state index in [0.717, 1.165) is 22.4 Å². The number of aromatic hydroxyl groups is 1. The van der Waals surface area contributed by atoms with Gasteiger partial charge in [-0.25, -0.2) is 0 Å². The second kappa shape index (κ2) is 5.54. The zero-order valence-electron chi connectivity index (χ0n) is 13.3. The first-order valence-corrected chi connectivity index (χ1v) is 9.64. The molecule has 0 radical (unpaired) electrons. The first-order valence-electron chi connectivity index (χ1n) is 7.83. The maximum atomic E-state index is 13.6. The number of hydrogen-bond acceptors (Lipinski definition) is 3. The highest BCUT2D eigenvalue weighted by atomic mass is 31.2. The highest BCUT2D eigenvalue weighted by Gasteiger charge is 2.38. The van der Waals surface area contributed by atoms with Gasteiger partial charge in [0.05, 0.1) is 11.5 Å². The van der Waals surface area contributed by atoms with Crippen molar-refractivity contribution < 1.29 is 14.2 Å². The van der Waals surface area contributed by atoms with E-state index in [-0.39, 0.29) is 5.75 Å². The molecule has 0 saturated heterocycles. The van der Waals surface area contributed by atoms with Gasteiger partial charge in [-0.3, -0.25) is 4.57 Å². The monoisotopic (exact) mass is 336 g/mol. The van der Waals surface area contributed by atoms with Gasteiger partial charge < -0.3 is 9.63 Å². The molecule has 120 valence electrons. The Morgan fingerprint density at radius 3 is 2.38 bits per heavy atom. The minimum absolute atomic E-state index is 0.171. The molecule has 1 aliphatic heterocycles. The van der Waals surface area contributed by atoms with Gasteiger partial charge >= 0.3 is 0 Å². The van der Waals surface area contributed by atoms with Crippen LogP contribution in [0.15, 0.2) is 66.7 Å². The summed E-state index contributed by atoms with van der Waals surface area (Å²) in [6, 6.07) is 20.4. The summed E-state index contributed by atoms with van der Waals surface area (Å²) in [6.07, 6.45) is 0.384. The van der Waals surface area contributed by atoms with E-state index < -0.39 is 7.37 Å². The van der Waals surface area contributed by atoms with Crippen molar-refractivity contribution in [2.45, 2.75) is 13.1 Å². The smallest absolute Gasteiger partial charge is 0.282 e. The predicted molar refractivity (Wildman–Crippen MR) is 96.3 cm³/mol. The molecule has 0 amide bonds. The van der Waals surface area contributed by atoms with E-state index in [2.05, 4.69) is 0 Å².